The molecule has 0 aliphatic carbocycles. The lowest BCUT2D eigenvalue weighted by Crippen LogP contribution is -2.16. The second kappa shape index (κ2) is 5.46. The Labute approximate surface area is 125 Å². The Bertz CT molecular complexity index is 658. The number of benzene rings is 1. The van der Waals surface area contributed by atoms with E-state index < -0.39 is 5.82 Å². The first-order valence-corrected chi connectivity index (χ1v) is 8.24. The summed E-state index contributed by atoms with van der Waals surface area (Å²) in [6.07, 6.45) is 2.43. The van der Waals surface area contributed by atoms with E-state index in [2.05, 4.69) is 9.55 Å². The number of thioether (sulfide) groups is 1. The van der Waals surface area contributed by atoms with Gasteiger partial charge in [-0.1, -0.05) is 11.6 Å². The van der Waals surface area contributed by atoms with Gasteiger partial charge in [0.25, 0.3) is 0 Å². The van der Waals surface area contributed by atoms with E-state index in [0.29, 0.717) is 10.7 Å². The minimum atomic E-state index is -0.411. The maximum absolute atomic E-state index is 13.5. The molecule has 1 N–H and O–H groups in total. The lowest BCUT2D eigenvalue weighted by atomic mass is 10.0. The Morgan fingerprint density at radius 2 is 2.16 bits per heavy atom. The van der Waals surface area contributed by atoms with E-state index >= 15 is 0 Å². The zero-order chi connectivity index (χ0) is 13.4. The van der Waals surface area contributed by atoms with Gasteiger partial charge in [0.2, 0.25) is 0 Å². The van der Waals surface area contributed by atoms with Crippen molar-refractivity contribution in [2.75, 3.05) is 11.5 Å². The average molecular weight is 317 g/mol. The van der Waals surface area contributed by atoms with Crippen molar-refractivity contribution in [3.05, 3.63) is 27.7 Å². The number of halogens is 2. The van der Waals surface area contributed by atoms with Crippen molar-refractivity contribution in [1.82, 2.24) is 9.55 Å². The van der Waals surface area contributed by atoms with Gasteiger partial charge in [-0.2, -0.15) is 11.8 Å². The molecule has 0 atom stereocenters. The maximum Gasteiger partial charge on any atom is 0.178 e. The van der Waals surface area contributed by atoms with Crippen molar-refractivity contribution >= 4 is 46.6 Å². The topological polar surface area (TPSA) is 20.7 Å². The SMILES string of the molecule is Fc1cc2[nH]c(=S)n(CC3CCSCC3)c2cc1Cl. The Balaban J connectivity index is 2.00. The summed E-state index contributed by atoms with van der Waals surface area (Å²) in [6.45, 7) is 0.890. The molecular formula is C13H14ClFN2S2. The van der Waals surface area contributed by atoms with Crippen LogP contribution in [0.5, 0.6) is 0 Å². The van der Waals surface area contributed by atoms with Crippen molar-refractivity contribution in [1.29, 1.82) is 0 Å². The van der Waals surface area contributed by atoms with E-state index in [1.54, 1.807) is 6.07 Å². The van der Waals surface area contributed by atoms with Crippen LogP contribution in [-0.2, 0) is 6.54 Å². The molecule has 0 radical (unpaired) electrons. The van der Waals surface area contributed by atoms with Gasteiger partial charge in [0.1, 0.15) is 5.82 Å². The van der Waals surface area contributed by atoms with Crippen LogP contribution in [0.2, 0.25) is 5.02 Å². The van der Waals surface area contributed by atoms with Crippen LogP contribution in [0, 0.1) is 16.5 Å². The van der Waals surface area contributed by atoms with Crippen LogP contribution in [0.3, 0.4) is 0 Å². The van der Waals surface area contributed by atoms with Crippen molar-refractivity contribution in [3.63, 3.8) is 0 Å². The molecule has 2 aromatic rings. The molecule has 2 heterocycles. The van der Waals surface area contributed by atoms with Gasteiger partial charge >= 0.3 is 0 Å². The van der Waals surface area contributed by atoms with Gasteiger partial charge in [-0.05, 0) is 48.5 Å². The largest absolute Gasteiger partial charge is 0.330 e. The Hall–Kier alpha value is -0.520. The molecule has 0 saturated carbocycles. The number of nitrogens with zero attached hydrogens (tertiary/aromatic N) is 1. The molecule has 3 rings (SSSR count). The summed E-state index contributed by atoms with van der Waals surface area (Å²) in [5.41, 5.74) is 1.62. The monoisotopic (exact) mass is 316 g/mol. The number of rotatable bonds is 2. The normalized spacial score (nSPS) is 17.2. The third-order valence-electron chi connectivity index (χ3n) is 3.60. The van der Waals surface area contributed by atoms with Crippen molar-refractivity contribution < 1.29 is 4.39 Å². The van der Waals surface area contributed by atoms with E-state index in [1.807, 2.05) is 11.8 Å². The Morgan fingerprint density at radius 3 is 2.89 bits per heavy atom. The zero-order valence-corrected chi connectivity index (χ0v) is 12.7. The third-order valence-corrected chi connectivity index (χ3v) is 5.26. The summed E-state index contributed by atoms with van der Waals surface area (Å²) >= 11 is 13.2. The summed E-state index contributed by atoms with van der Waals surface area (Å²) in [7, 11) is 0. The molecule has 1 saturated heterocycles. The molecule has 102 valence electrons. The molecule has 6 heteroatoms. The molecule has 1 aromatic heterocycles. The molecule has 0 spiro atoms. The van der Waals surface area contributed by atoms with E-state index in [1.165, 1.54) is 30.4 Å². The van der Waals surface area contributed by atoms with Crippen LogP contribution in [0.4, 0.5) is 4.39 Å². The van der Waals surface area contributed by atoms with E-state index in [0.717, 1.165) is 17.6 Å². The summed E-state index contributed by atoms with van der Waals surface area (Å²) in [5, 5.41) is 0.148. The molecule has 1 aromatic carbocycles. The van der Waals surface area contributed by atoms with Crippen LogP contribution in [0.1, 0.15) is 12.8 Å². The zero-order valence-electron chi connectivity index (χ0n) is 10.3. The minimum absolute atomic E-state index is 0.148. The fraction of sp³-hybridized carbons (Fsp3) is 0.462. The summed E-state index contributed by atoms with van der Waals surface area (Å²) < 4.78 is 16.2. The highest BCUT2D eigenvalue weighted by atomic mass is 35.5. The predicted octanol–water partition coefficient (Wildman–Crippen LogP) is 4.63. The number of aromatic amines is 1. The van der Waals surface area contributed by atoms with Crippen LogP contribution in [-0.4, -0.2) is 21.1 Å². The highest BCUT2D eigenvalue weighted by molar-refractivity contribution is 7.99. The number of nitrogens with one attached hydrogen (secondary N) is 1. The molecule has 1 aliphatic heterocycles. The van der Waals surface area contributed by atoms with Crippen LogP contribution in [0.15, 0.2) is 12.1 Å². The fourth-order valence-corrected chi connectivity index (χ4v) is 4.17. The molecule has 1 aliphatic rings. The second-order valence-corrected chi connectivity index (χ2v) is 6.90. The predicted molar refractivity (Wildman–Crippen MR) is 82.1 cm³/mol. The molecule has 0 bridgehead atoms. The Morgan fingerprint density at radius 1 is 1.42 bits per heavy atom. The second-order valence-electron chi connectivity index (χ2n) is 4.88. The molecule has 1 fully saturated rings. The van der Waals surface area contributed by atoms with Gasteiger partial charge in [0.05, 0.1) is 16.1 Å². The quantitative estimate of drug-likeness (QED) is 0.815. The van der Waals surface area contributed by atoms with Crippen LogP contribution in [0.25, 0.3) is 11.0 Å². The number of hydrogen-bond donors (Lipinski definition) is 1. The minimum Gasteiger partial charge on any atom is -0.330 e. The maximum atomic E-state index is 13.5. The molecule has 0 unspecified atom stereocenters. The van der Waals surface area contributed by atoms with E-state index in [9.17, 15) is 4.39 Å². The van der Waals surface area contributed by atoms with Gasteiger partial charge in [-0.15, -0.1) is 0 Å². The molecule has 2 nitrogen and oxygen atoms in total. The summed E-state index contributed by atoms with van der Waals surface area (Å²) in [5.74, 6) is 2.67. The van der Waals surface area contributed by atoms with E-state index in [-0.39, 0.29) is 5.02 Å². The fourth-order valence-electron chi connectivity index (χ4n) is 2.52. The Kier molecular flexibility index (Phi) is 3.87. The van der Waals surface area contributed by atoms with Gasteiger partial charge in [-0.3, -0.25) is 0 Å². The van der Waals surface area contributed by atoms with Gasteiger partial charge in [0.15, 0.2) is 4.77 Å². The smallest absolute Gasteiger partial charge is 0.178 e. The number of imidazole rings is 1. The number of fused-ring (bicyclic) bond motifs is 1. The lowest BCUT2D eigenvalue weighted by Gasteiger charge is -2.21. The van der Waals surface area contributed by atoms with Crippen LogP contribution < -0.4 is 0 Å². The van der Waals surface area contributed by atoms with Gasteiger partial charge < -0.3 is 9.55 Å². The van der Waals surface area contributed by atoms with Crippen LogP contribution >= 0.6 is 35.6 Å². The van der Waals surface area contributed by atoms with Crippen molar-refractivity contribution in [2.24, 2.45) is 5.92 Å². The van der Waals surface area contributed by atoms with Crippen molar-refractivity contribution in [3.8, 4) is 0 Å². The first kappa shape index (κ1) is 13.5. The molecule has 0 amide bonds. The van der Waals surface area contributed by atoms with Crippen molar-refractivity contribution in [2.45, 2.75) is 19.4 Å². The molecular weight excluding hydrogens is 303 g/mol. The highest BCUT2D eigenvalue weighted by Crippen LogP contribution is 2.27. The first-order valence-electron chi connectivity index (χ1n) is 6.30. The molecule has 19 heavy (non-hydrogen) atoms. The summed E-state index contributed by atoms with van der Waals surface area (Å²) in [6, 6.07) is 3.08. The summed E-state index contributed by atoms with van der Waals surface area (Å²) in [4.78, 5) is 3.06. The van der Waals surface area contributed by atoms with E-state index in [4.69, 9.17) is 23.8 Å². The average Bonchev–Trinajstić information content (AvgIpc) is 2.68. The standard InChI is InChI=1S/C13H14ClFN2S2/c14-9-5-12-11(6-10(9)15)16-13(18)17(12)7-8-1-3-19-4-2-8/h5-6,8H,1-4,7H2,(H,16,18). The van der Waals surface area contributed by atoms with Gasteiger partial charge in [-0.25, -0.2) is 4.39 Å². The number of aromatic nitrogens is 2. The lowest BCUT2D eigenvalue weighted by molar-refractivity contribution is 0.420. The van der Waals surface area contributed by atoms with Gasteiger partial charge in [0, 0.05) is 12.6 Å². The number of H-pyrrole nitrogens is 1. The first-order chi connectivity index (χ1) is 9.15. The number of hydrogen-bond acceptors (Lipinski definition) is 2. The third kappa shape index (κ3) is 2.69. The highest BCUT2D eigenvalue weighted by Gasteiger charge is 2.17.